The minimum Gasteiger partial charge on any atom is -0.341 e. The van der Waals surface area contributed by atoms with E-state index in [0.717, 1.165) is 16.4 Å². The largest absolute Gasteiger partial charge is 0.341 e. The summed E-state index contributed by atoms with van der Waals surface area (Å²) in [5, 5.41) is 10.9. The Bertz CT molecular complexity index is 1100. The summed E-state index contributed by atoms with van der Waals surface area (Å²) in [5.41, 5.74) is 0.553. The highest BCUT2D eigenvalue weighted by Crippen LogP contribution is 2.26. The molecule has 0 bridgehead atoms. The quantitative estimate of drug-likeness (QED) is 0.495. The van der Waals surface area contributed by atoms with E-state index in [9.17, 15) is 32.1 Å². The molecule has 0 aromatic heterocycles. The maximum absolute atomic E-state index is 13.4. The molecule has 0 atom stereocenters. The van der Waals surface area contributed by atoms with Crippen LogP contribution in [-0.4, -0.2) is 48.6 Å². The summed E-state index contributed by atoms with van der Waals surface area (Å²) >= 11 is 0. The van der Waals surface area contributed by atoms with E-state index in [2.05, 4.69) is 0 Å². The Hall–Kier alpha value is -2.92. The summed E-state index contributed by atoms with van der Waals surface area (Å²) in [6, 6.07) is 8.43. The number of carbonyl (C=O) groups excluding carboxylic acids is 1. The van der Waals surface area contributed by atoms with Gasteiger partial charge in [-0.15, -0.1) is 0 Å². The molecule has 0 N–H and O–H groups in total. The summed E-state index contributed by atoms with van der Waals surface area (Å²) in [4.78, 5) is 24.3. The van der Waals surface area contributed by atoms with Crippen LogP contribution in [0.1, 0.15) is 18.4 Å². The van der Waals surface area contributed by atoms with Crippen molar-refractivity contribution >= 4 is 21.6 Å². The Kier molecular flexibility index (Phi) is 6.65. The molecule has 31 heavy (non-hydrogen) atoms. The van der Waals surface area contributed by atoms with Gasteiger partial charge in [-0.1, -0.05) is 12.1 Å². The van der Waals surface area contributed by atoms with Gasteiger partial charge in [-0.3, -0.25) is 14.9 Å². The van der Waals surface area contributed by atoms with Crippen LogP contribution in [0.3, 0.4) is 0 Å². The second-order valence-electron chi connectivity index (χ2n) is 7.38. The van der Waals surface area contributed by atoms with E-state index >= 15 is 0 Å². The molecule has 2 aromatic carbocycles. The first-order valence-electron chi connectivity index (χ1n) is 9.53. The zero-order chi connectivity index (χ0) is 22.8. The van der Waals surface area contributed by atoms with E-state index in [1.54, 1.807) is 19.2 Å². The number of benzene rings is 2. The first kappa shape index (κ1) is 22.8. The van der Waals surface area contributed by atoms with Gasteiger partial charge in [0.25, 0.3) is 5.69 Å². The highest BCUT2D eigenvalue weighted by molar-refractivity contribution is 7.89. The number of halogens is 2. The molecule has 3 rings (SSSR count). The second-order valence-corrected chi connectivity index (χ2v) is 9.31. The van der Waals surface area contributed by atoms with Gasteiger partial charge >= 0.3 is 0 Å². The highest BCUT2D eigenvalue weighted by Gasteiger charge is 2.33. The molecule has 166 valence electrons. The van der Waals surface area contributed by atoms with E-state index in [-0.39, 0.29) is 49.0 Å². The van der Waals surface area contributed by atoms with Gasteiger partial charge in [-0.25, -0.2) is 17.2 Å². The third-order valence-electron chi connectivity index (χ3n) is 5.25. The molecular formula is C20H21F2N3O5S. The van der Waals surface area contributed by atoms with Crippen LogP contribution in [0.25, 0.3) is 0 Å². The minimum absolute atomic E-state index is 0.0610. The molecule has 8 nitrogen and oxygen atoms in total. The molecule has 1 amide bonds. The maximum Gasteiger partial charge on any atom is 0.269 e. The molecule has 1 aliphatic rings. The molecule has 1 aliphatic heterocycles. The summed E-state index contributed by atoms with van der Waals surface area (Å²) in [7, 11) is -2.41. The number of amides is 1. The van der Waals surface area contributed by atoms with Gasteiger partial charge in [0.05, 0.1) is 9.82 Å². The van der Waals surface area contributed by atoms with Crippen LogP contribution < -0.4 is 0 Å². The number of non-ortho nitro benzene ring substituents is 1. The van der Waals surface area contributed by atoms with Crippen LogP contribution >= 0.6 is 0 Å². The standard InChI is InChI=1S/C20H21F2N3O5S/c1-23(13-14-3-2-4-16(11-14)25(27)28)20(26)15-7-9-24(10-8-15)31(29,30)17-5-6-18(21)19(22)12-17/h2-6,11-12,15H,7-10,13H2,1H3. The summed E-state index contributed by atoms with van der Waals surface area (Å²) in [6.07, 6.45) is 0.558. The number of hydrogen-bond donors (Lipinski definition) is 0. The third-order valence-corrected chi connectivity index (χ3v) is 7.14. The molecule has 1 fully saturated rings. The topological polar surface area (TPSA) is 101 Å². The zero-order valence-corrected chi connectivity index (χ0v) is 17.5. The average Bonchev–Trinajstić information content (AvgIpc) is 2.75. The Balaban J connectivity index is 1.62. The molecule has 0 aliphatic carbocycles. The minimum atomic E-state index is -3.99. The number of carbonyl (C=O) groups is 1. The van der Waals surface area contributed by atoms with Gasteiger partial charge in [-0.2, -0.15) is 4.31 Å². The summed E-state index contributed by atoms with van der Waals surface area (Å²) in [5.74, 6) is -2.96. The lowest BCUT2D eigenvalue weighted by Crippen LogP contribution is -2.43. The Morgan fingerprint density at radius 1 is 1.16 bits per heavy atom. The van der Waals surface area contributed by atoms with Gasteiger partial charge < -0.3 is 4.90 Å². The third kappa shape index (κ3) is 5.05. The predicted molar refractivity (Wildman–Crippen MR) is 107 cm³/mol. The van der Waals surface area contributed by atoms with Crippen LogP contribution in [0.5, 0.6) is 0 Å². The summed E-state index contributed by atoms with van der Waals surface area (Å²) in [6.45, 7) is 0.332. The second kappa shape index (κ2) is 9.06. The Labute approximate surface area is 178 Å². The van der Waals surface area contributed by atoms with E-state index < -0.39 is 32.5 Å². The van der Waals surface area contributed by atoms with E-state index in [1.807, 2.05) is 0 Å². The maximum atomic E-state index is 13.4. The van der Waals surface area contributed by atoms with E-state index in [0.29, 0.717) is 11.6 Å². The monoisotopic (exact) mass is 453 g/mol. The van der Waals surface area contributed by atoms with Crippen molar-refractivity contribution < 1.29 is 26.9 Å². The van der Waals surface area contributed by atoms with Crippen LogP contribution in [-0.2, 0) is 21.4 Å². The zero-order valence-electron chi connectivity index (χ0n) is 16.7. The Morgan fingerprint density at radius 3 is 2.45 bits per heavy atom. The Morgan fingerprint density at radius 2 is 1.84 bits per heavy atom. The normalized spacial score (nSPS) is 15.6. The number of hydrogen-bond acceptors (Lipinski definition) is 5. The fraction of sp³-hybridized carbons (Fsp3) is 0.350. The van der Waals surface area contributed by atoms with Crippen molar-refractivity contribution in [2.45, 2.75) is 24.3 Å². The fourth-order valence-electron chi connectivity index (χ4n) is 3.56. The van der Waals surface area contributed by atoms with Crippen LogP contribution in [0.2, 0.25) is 0 Å². The van der Waals surface area contributed by atoms with Gasteiger partial charge in [0.2, 0.25) is 15.9 Å². The molecule has 1 saturated heterocycles. The first-order chi connectivity index (χ1) is 14.6. The fourth-order valence-corrected chi connectivity index (χ4v) is 5.04. The van der Waals surface area contributed by atoms with Crippen molar-refractivity contribution in [3.05, 3.63) is 69.8 Å². The number of sulfonamides is 1. The van der Waals surface area contributed by atoms with Crippen molar-refractivity contribution in [2.75, 3.05) is 20.1 Å². The van der Waals surface area contributed by atoms with Crippen molar-refractivity contribution in [1.82, 2.24) is 9.21 Å². The number of nitro benzene ring substituents is 1. The SMILES string of the molecule is CN(Cc1cccc([N+](=O)[O-])c1)C(=O)C1CCN(S(=O)(=O)c2ccc(F)c(F)c2)CC1. The molecule has 1 heterocycles. The molecule has 0 spiro atoms. The number of nitro groups is 1. The molecule has 0 saturated carbocycles. The highest BCUT2D eigenvalue weighted by atomic mass is 32.2. The molecule has 2 aromatic rings. The molecule has 0 radical (unpaired) electrons. The van der Waals surface area contributed by atoms with Gasteiger partial charge in [0.1, 0.15) is 0 Å². The van der Waals surface area contributed by atoms with Gasteiger partial charge in [0.15, 0.2) is 11.6 Å². The van der Waals surface area contributed by atoms with Gasteiger partial charge in [-0.05, 0) is 36.6 Å². The number of piperidine rings is 1. The molecule has 0 unspecified atom stereocenters. The summed E-state index contributed by atoms with van der Waals surface area (Å²) < 4.78 is 53.0. The number of nitrogens with zero attached hydrogens (tertiary/aromatic N) is 3. The van der Waals surface area contributed by atoms with Crippen molar-refractivity contribution in [1.29, 1.82) is 0 Å². The molecular weight excluding hydrogens is 432 g/mol. The van der Waals surface area contributed by atoms with Crippen LogP contribution in [0.15, 0.2) is 47.4 Å². The smallest absolute Gasteiger partial charge is 0.269 e. The van der Waals surface area contributed by atoms with Crippen molar-refractivity contribution in [2.24, 2.45) is 5.92 Å². The number of rotatable bonds is 6. The lowest BCUT2D eigenvalue weighted by molar-refractivity contribution is -0.384. The average molecular weight is 453 g/mol. The van der Waals surface area contributed by atoms with Crippen molar-refractivity contribution in [3.63, 3.8) is 0 Å². The van der Waals surface area contributed by atoms with Crippen LogP contribution in [0.4, 0.5) is 14.5 Å². The first-order valence-corrected chi connectivity index (χ1v) is 11.0. The molecule has 11 heteroatoms. The lowest BCUT2D eigenvalue weighted by Gasteiger charge is -2.32. The predicted octanol–water partition coefficient (Wildman–Crippen LogP) is 2.93. The van der Waals surface area contributed by atoms with E-state index in [1.165, 1.54) is 17.0 Å². The lowest BCUT2D eigenvalue weighted by atomic mass is 9.96. The van der Waals surface area contributed by atoms with Crippen LogP contribution in [0, 0.1) is 27.7 Å². The van der Waals surface area contributed by atoms with Crippen molar-refractivity contribution in [3.8, 4) is 0 Å². The van der Waals surface area contributed by atoms with E-state index in [4.69, 9.17) is 0 Å². The van der Waals surface area contributed by atoms with Gasteiger partial charge in [0, 0.05) is 44.7 Å².